The SMILES string of the molecule is CNCCC(C)NC(=O)c1ccc2c(c1)c1cn(C)nc1n2-c1ccc(C(F)(F)F)cc1. The van der Waals surface area contributed by atoms with Gasteiger partial charge in [-0.1, -0.05) is 0 Å². The summed E-state index contributed by atoms with van der Waals surface area (Å²) in [5.41, 5.74) is 1.75. The lowest BCUT2D eigenvalue weighted by molar-refractivity contribution is -0.137. The predicted molar refractivity (Wildman–Crippen MR) is 118 cm³/mol. The smallest absolute Gasteiger partial charge is 0.350 e. The fourth-order valence-corrected chi connectivity index (χ4v) is 3.83. The van der Waals surface area contributed by atoms with E-state index in [0.29, 0.717) is 16.9 Å². The van der Waals surface area contributed by atoms with Gasteiger partial charge in [0, 0.05) is 41.3 Å². The highest BCUT2D eigenvalue weighted by molar-refractivity contribution is 6.10. The quantitative estimate of drug-likeness (QED) is 0.468. The fourth-order valence-electron chi connectivity index (χ4n) is 3.83. The monoisotopic (exact) mass is 443 g/mol. The lowest BCUT2D eigenvalue weighted by atomic mass is 10.1. The molecule has 2 N–H and O–H groups in total. The molecule has 0 spiro atoms. The van der Waals surface area contributed by atoms with Gasteiger partial charge in [0.2, 0.25) is 0 Å². The molecule has 2 aromatic heterocycles. The molecule has 32 heavy (non-hydrogen) atoms. The van der Waals surface area contributed by atoms with Crippen LogP contribution in [0.3, 0.4) is 0 Å². The number of aryl methyl sites for hydroxylation is 1. The maximum absolute atomic E-state index is 13.0. The number of nitrogens with zero attached hydrogens (tertiary/aromatic N) is 3. The number of hydrogen-bond acceptors (Lipinski definition) is 3. The summed E-state index contributed by atoms with van der Waals surface area (Å²) in [5, 5.41) is 12.2. The van der Waals surface area contributed by atoms with Crippen LogP contribution in [0.25, 0.3) is 27.6 Å². The number of amides is 1. The molecule has 2 heterocycles. The minimum Gasteiger partial charge on any atom is -0.350 e. The Balaban J connectivity index is 1.77. The second-order valence-corrected chi connectivity index (χ2v) is 7.92. The van der Waals surface area contributed by atoms with E-state index in [4.69, 9.17) is 0 Å². The van der Waals surface area contributed by atoms with Crippen molar-refractivity contribution in [3.05, 3.63) is 59.8 Å². The fraction of sp³-hybridized carbons (Fsp3) is 0.304. The van der Waals surface area contributed by atoms with Crippen LogP contribution in [-0.4, -0.2) is 39.9 Å². The number of aromatic nitrogens is 3. The Labute approximate surface area is 183 Å². The number of alkyl halides is 3. The largest absolute Gasteiger partial charge is 0.416 e. The Kier molecular flexibility index (Phi) is 5.68. The van der Waals surface area contributed by atoms with E-state index >= 15 is 0 Å². The molecule has 9 heteroatoms. The van der Waals surface area contributed by atoms with E-state index in [1.807, 2.05) is 30.8 Å². The molecule has 0 bridgehead atoms. The third-order valence-corrected chi connectivity index (χ3v) is 5.47. The summed E-state index contributed by atoms with van der Waals surface area (Å²) in [5.74, 6) is -0.171. The number of halogens is 3. The second-order valence-electron chi connectivity index (χ2n) is 7.92. The van der Waals surface area contributed by atoms with Gasteiger partial charge in [-0.05, 0) is 69.4 Å². The molecule has 2 aromatic carbocycles. The van der Waals surface area contributed by atoms with E-state index < -0.39 is 11.7 Å². The van der Waals surface area contributed by atoms with Gasteiger partial charge in [-0.15, -0.1) is 0 Å². The van der Waals surface area contributed by atoms with Crippen LogP contribution in [0.15, 0.2) is 48.7 Å². The topological polar surface area (TPSA) is 63.9 Å². The van der Waals surface area contributed by atoms with Crippen molar-refractivity contribution in [1.29, 1.82) is 0 Å². The Morgan fingerprint density at radius 2 is 1.84 bits per heavy atom. The van der Waals surface area contributed by atoms with Crippen LogP contribution in [0.2, 0.25) is 0 Å². The molecule has 0 fully saturated rings. The van der Waals surface area contributed by atoms with Crippen molar-refractivity contribution < 1.29 is 18.0 Å². The van der Waals surface area contributed by atoms with E-state index in [0.717, 1.165) is 41.4 Å². The minimum atomic E-state index is -4.40. The Bertz CT molecular complexity index is 1270. The summed E-state index contributed by atoms with van der Waals surface area (Å²) in [6.07, 6.45) is -1.75. The summed E-state index contributed by atoms with van der Waals surface area (Å²) in [6.45, 7) is 2.75. The first-order valence-electron chi connectivity index (χ1n) is 10.3. The van der Waals surface area contributed by atoms with Crippen molar-refractivity contribution in [2.45, 2.75) is 25.6 Å². The van der Waals surface area contributed by atoms with Gasteiger partial charge in [0.05, 0.1) is 11.1 Å². The highest BCUT2D eigenvalue weighted by atomic mass is 19.4. The molecule has 4 aromatic rings. The summed E-state index contributed by atoms with van der Waals surface area (Å²) in [4.78, 5) is 12.7. The van der Waals surface area contributed by atoms with E-state index in [1.54, 1.807) is 23.9 Å². The summed E-state index contributed by atoms with van der Waals surface area (Å²) >= 11 is 0. The highest BCUT2D eigenvalue weighted by Crippen LogP contribution is 2.34. The van der Waals surface area contributed by atoms with Gasteiger partial charge >= 0.3 is 6.18 Å². The minimum absolute atomic E-state index is 0.0146. The van der Waals surface area contributed by atoms with Crippen LogP contribution in [0.1, 0.15) is 29.3 Å². The molecule has 1 atom stereocenters. The van der Waals surface area contributed by atoms with Gasteiger partial charge in [0.1, 0.15) is 0 Å². The molecule has 0 radical (unpaired) electrons. The van der Waals surface area contributed by atoms with Gasteiger partial charge in [-0.3, -0.25) is 14.0 Å². The molecular formula is C23H24F3N5O. The zero-order valence-corrected chi connectivity index (χ0v) is 18.0. The van der Waals surface area contributed by atoms with Gasteiger partial charge in [0.25, 0.3) is 5.91 Å². The molecule has 0 aliphatic carbocycles. The van der Waals surface area contributed by atoms with Gasteiger partial charge < -0.3 is 10.6 Å². The van der Waals surface area contributed by atoms with E-state index in [-0.39, 0.29) is 11.9 Å². The average molecular weight is 443 g/mol. The first-order chi connectivity index (χ1) is 15.2. The number of nitrogens with one attached hydrogen (secondary N) is 2. The van der Waals surface area contributed by atoms with Crippen LogP contribution < -0.4 is 10.6 Å². The lowest BCUT2D eigenvalue weighted by Gasteiger charge is -2.14. The Morgan fingerprint density at radius 3 is 2.50 bits per heavy atom. The van der Waals surface area contributed by atoms with E-state index in [2.05, 4.69) is 15.7 Å². The first-order valence-corrected chi connectivity index (χ1v) is 10.3. The molecule has 0 saturated heterocycles. The number of hydrogen-bond donors (Lipinski definition) is 2. The van der Waals surface area contributed by atoms with Gasteiger partial charge in [0.15, 0.2) is 5.65 Å². The molecule has 6 nitrogen and oxygen atoms in total. The van der Waals surface area contributed by atoms with Crippen LogP contribution in [-0.2, 0) is 13.2 Å². The number of fused-ring (bicyclic) bond motifs is 3. The third-order valence-electron chi connectivity index (χ3n) is 5.47. The number of benzene rings is 2. The maximum Gasteiger partial charge on any atom is 0.416 e. The summed E-state index contributed by atoms with van der Waals surface area (Å²) < 4.78 is 42.4. The van der Waals surface area contributed by atoms with Crippen molar-refractivity contribution in [2.75, 3.05) is 13.6 Å². The highest BCUT2D eigenvalue weighted by Gasteiger charge is 2.30. The molecule has 1 amide bonds. The zero-order chi connectivity index (χ0) is 23.0. The van der Waals surface area contributed by atoms with Gasteiger partial charge in [-0.25, -0.2) is 0 Å². The first kappa shape index (κ1) is 21.9. The van der Waals surface area contributed by atoms with Crippen molar-refractivity contribution in [3.63, 3.8) is 0 Å². The molecule has 168 valence electrons. The molecule has 4 rings (SSSR count). The van der Waals surface area contributed by atoms with Crippen molar-refractivity contribution in [1.82, 2.24) is 25.0 Å². The molecule has 0 aliphatic rings. The average Bonchev–Trinajstić information content (AvgIpc) is 3.26. The lowest BCUT2D eigenvalue weighted by Crippen LogP contribution is -2.34. The molecule has 0 saturated carbocycles. The predicted octanol–water partition coefficient (Wildman–Crippen LogP) is 4.26. The zero-order valence-electron chi connectivity index (χ0n) is 18.0. The van der Waals surface area contributed by atoms with E-state index in [9.17, 15) is 18.0 Å². The number of carbonyl (C=O) groups is 1. The number of carbonyl (C=O) groups excluding carboxylic acids is 1. The third kappa shape index (κ3) is 4.08. The summed E-state index contributed by atoms with van der Waals surface area (Å²) in [7, 11) is 3.64. The molecule has 0 aliphatic heterocycles. The maximum atomic E-state index is 13.0. The number of rotatable bonds is 6. The van der Waals surface area contributed by atoms with E-state index in [1.165, 1.54) is 12.1 Å². The Hall–Kier alpha value is -3.33. The standard InChI is InChI=1S/C23H24F3N5O/c1-14(10-11-27-2)28-22(32)15-4-9-20-18(12-15)19-13-30(3)29-21(19)31(20)17-7-5-16(6-8-17)23(24,25)26/h4-9,12-14,27H,10-11H2,1-3H3,(H,28,32). The van der Waals surface area contributed by atoms with Crippen LogP contribution >= 0.6 is 0 Å². The Morgan fingerprint density at radius 1 is 1.12 bits per heavy atom. The molecule has 1 unspecified atom stereocenters. The van der Waals surface area contributed by atoms with Gasteiger partial charge in [-0.2, -0.15) is 18.3 Å². The van der Waals surface area contributed by atoms with Crippen molar-refractivity contribution in [3.8, 4) is 5.69 Å². The molecular weight excluding hydrogens is 419 g/mol. The van der Waals surface area contributed by atoms with Crippen LogP contribution in [0.5, 0.6) is 0 Å². The van der Waals surface area contributed by atoms with Crippen molar-refractivity contribution in [2.24, 2.45) is 7.05 Å². The second kappa shape index (κ2) is 8.31. The van der Waals surface area contributed by atoms with Crippen LogP contribution in [0, 0.1) is 0 Å². The normalized spacial score (nSPS) is 13.1. The van der Waals surface area contributed by atoms with Crippen molar-refractivity contribution >= 4 is 27.8 Å². The summed E-state index contributed by atoms with van der Waals surface area (Å²) in [6, 6.07) is 10.3. The van der Waals surface area contributed by atoms with Crippen LogP contribution in [0.4, 0.5) is 13.2 Å².